The van der Waals surface area contributed by atoms with Gasteiger partial charge in [0.05, 0.1) is 18.2 Å². The zero-order chi connectivity index (χ0) is 17.1. The Morgan fingerprint density at radius 1 is 1.25 bits per heavy atom. The van der Waals surface area contributed by atoms with Gasteiger partial charge in [-0.1, -0.05) is 24.3 Å². The molecule has 2 N–H and O–H groups in total. The number of carbonyl (C=O) groups is 2. The van der Waals surface area contributed by atoms with E-state index in [1.165, 1.54) is 12.1 Å². The van der Waals surface area contributed by atoms with Gasteiger partial charge in [0, 0.05) is 0 Å². The highest BCUT2D eigenvalue weighted by Gasteiger charge is 2.29. The molecule has 1 aliphatic rings. The van der Waals surface area contributed by atoms with Crippen LogP contribution in [-0.4, -0.2) is 17.9 Å². The lowest BCUT2D eigenvalue weighted by Gasteiger charge is -2.25. The van der Waals surface area contributed by atoms with Gasteiger partial charge in [-0.2, -0.15) is 0 Å². The molecular formula is C18H17FN2O3. The Morgan fingerprint density at radius 2 is 1.96 bits per heavy atom. The fourth-order valence-electron chi connectivity index (χ4n) is 2.53. The summed E-state index contributed by atoms with van der Waals surface area (Å²) < 4.78 is 18.5. The summed E-state index contributed by atoms with van der Waals surface area (Å²) in [7, 11) is 0. The summed E-state index contributed by atoms with van der Waals surface area (Å²) >= 11 is 0. The van der Waals surface area contributed by atoms with E-state index in [9.17, 15) is 14.0 Å². The highest BCUT2D eigenvalue weighted by molar-refractivity contribution is 5.99. The molecule has 3 rings (SSSR count). The van der Waals surface area contributed by atoms with E-state index in [1.54, 1.807) is 43.3 Å². The van der Waals surface area contributed by atoms with E-state index < -0.39 is 6.10 Å². The highest BCUT2D eigenvalue weighted by atomic mass is 19.1. The topological polar surface area (TPSA) is 67.4 Å². The van der Waals surface area contributed by atoms with Crippen molar-refractivity contribution in [1.82, 2.24) is 5.32 Å². The first kappa shape index (κ1) is 16.0. The zero-order valence-corrected chi connectivity index (χ0v) is 13.1. The van der Waals surface area contributed by atoms with Crippen molar-refractivity contribution in [2.24, 2.45) is 0 Å². The van der Waals surface area contributed by atoms with Gasteiger partial charge >= 0.3 is 0 Å². The van der Waals surface area contributed by atoms with Crippen LogP contribution in [-0.2, 0) is 9.59 Å². The number of carbonyl (C=O) groups excluding carboxylic acids is 2. The molecule has 2 atom stereocenters. The van der Waals surface area contributed by atoms with Crippen molar-refractivity contribution >= 4 is 17.5 Å². The van der Waals surface area contributed by atoms with Gasteiger partial charge in [-0.25, -0.2) is 4.39 Å². The van der Waals surface area contributed by atoms with Crippen molar-refractivity contribution in [3.8, 4) is 5.75 Å². The zero-order valence-electron chi connectivity index (χ0n) is 13.1. The van der Waals surface area contributed by atoms with E-state index in [4.69, 9.17) is 4.74 Å². The van der Waals surface area contributed by atoms with Crippen molar-refractivity contribution in [3.63, 3.8) is 0 Å². The van der Waals surface area contributed by atoms with Gasteiger partial charge < -0.3 is 15.4 Å². The summed E-state index contributed by atoms with van der Waals surface area (Å²) in [5, 5.41) is 5.51. The maximum atomic E-state index is 12.9. The lowest BCUT2D eigenvalue weighted by molar-refractivity contribution is -0.130. The molecule has 0 saturated carbocycles. The van der Waals surface area contributed by atoms with Crippen LogP contribution < -0.4 is 15.4 Å². The molecule has 0 aliphatic carbocycles. The minimum atomic E-state index is -0.875. The van der Waals surface area contributed by atoms with Crippen LogP contribution in [0.15, 0.2) is 48.5 Å². The molecule has 0 saturated heterocycles. The van der Waals surface area contributed by atoms with Gasteiger partial charge in [0.2, 0.25) is 5.91 Å². The van der Waals surface area contributed by atoms with E-state index in [1.807, 2.05) is 0 Å². The van der Waals surface area contributed by atoms with Gasteiger partial charge in [0.25, 0.3) is 5.91 Å². The Labute approximate surface area is 138 Å². The molecule has 0 bridgehead atoms. The van der Waals surface area contributed by atoms with Crippen molar-refractivity contribution in [2.75, 3.05) is 5.32 Å². The van der Waals surface area contributed by atoms with Crippen LogP contribution >= 0.6 is 0 Å². The van der Waals surface area contributed by atoms with Crippen LogP contribution in [0.3, 0.4) is 0 Å². The lowest BCUT2D eigenvalue weighted by atomic mass is 10.1. The number of hydrogen-bond donors (Lipinski definition) is 2. The third kappa shape index (κ3) is 3.53. The van der Waals surface area contributed by atoms with Gasteiger partial charge in [-0.3, -0.25) is 9.59 Å². The molecule has 1 aliphatic heterocycles. The SMILES string of the molecule is C[C@H](NC(=O)C[C@@H]1Oc2ccccc2NC1=O)c1ccc(F)cc1. The number of nitrogens with one attached hydrogen (secondary N) is 2. The number of rotatable bonds is 4. The molecule has 5 nitrogen and oxygen atoms in total. The number of hydrogen-bond acceptors (Lipinski definition) is 3. The second-order valence-corrected chi connectivity index (χ2v) is 5.64. The molecule has 6 heteroatoms. The average Bonchev–Trinajstić information content (AvgIpc) is 2.56. The molecule has 0 fully saturated rings. The van der Waals surface area contributed by atoms with E-state index in [2.05, 4.69) is 10.6 Å². The summed E-state index contributed by atoms with van der Waals surface area (Å²) in [5.74, 6) is -0.450. The molecule has 0 unspecified atom stereocenters. The quantitative estimate of drug-likeness (QED) is 0.907. The molecule has 24 heavy (non-hydrogen) atoms. The standard InChI is InChI=1S/C18H17FN2O3/c1-11(12-6-8-13(19)9-7-12)20-17(22)10-16-18(23)21-14-4-2-3-5-15(14)24-16/h2-9,11,16H,10H2,1H3,(H,20,22)(H,21,23)/t11-,16-/m0/s1. The number of amides is 2. The molecule has 0 aromatic heterocycles. The number of halogens is 1. The first-order valence-corrected chi connectivity index (χ1v) is 7.64. The van der Waals surface area contributed by atoms with Crippen LogP contribution in [0, 0.1) is 5.82 Å². The number of fused-ring (bicyclic) bond motifs is 1. The van der Waals surface area contributed by atoms with Crippen LogP contribution in [0.5, 0.6) is 5.75 Å². The predicted molar refractivity (Wildman–Crippen MR) is 87.1 cm³/mol. The van der Waals surface area contributed by atoms with Crippen LogP contribution in [0.2, 0.25) is 0 Å². The van der Waals surface area contributed by atoms with Crippen molar-refractivity contribution in [3.05, 3.63) is 59.9 Å². The normalized spacial score (nSPS) is 17.2. The van der Waals surface area contributed by atoms with Crippen molar-refractivity contribution in [1.29, 1.82) is 0 Å². The third-order valence-corrected chi connectivity index (χ3v) is 3.82. The third-order valence-electron chi connectivity index (χ3n) is 3.82. The Bertz CT molecular complexity index is 761. The van der Waals surface area contributed by atoms with Crippen molar-refractivity contribution in [2.45, 2.75) is 25.5 Å². The number of benzene rings is 2. The van der Waals surface area contributed by atoms with Gasteiger partial charge in [-0.05, 0) is 36.8 Å². The minimum absolute atomic E-state index is 0.0916. The van der Waals surface area contributed by atoms with Gasteiger partial charge in [0.1, 0.15) is 11.6 Å². The fourth-order valence-corrected chi connectivity index (χ4v) is 2.53. The second-order valence-electron chi connectivity index (χ2n) is 5.64. The number of ether oxygens (including phenoxy) is 1. The molecule has 1 heterocycles. The first-order valence-electron chi connectivity index (χ1n) is 7.64. The Hall–Kier alpha value is -2.89. The molecule has 2 aromatic carbocycles. The van der Waals surface area contributed by atoms with Crippen LogP contribution in [0.1, 0.15) is 24.9 Å². The molecule has 2 aromatic rings. The summed E-state index contributed by atoms with van der Waals surface area (Å²) in [6.45, 7) is 1.79. The van der Waals surface area contributed by atoms with Gasteiger partial charge in [-0.15, -0.1) is 0 Å². The molecule has 124 valence electrons. The van der Waals surface area contributed by atoms with Gasteiger partial charge in [0.15, 0.2) is 6.10 Å². The summed E-state index contributed by atoms with van der Waals surface area (Å²) in [4.78, 5) is 24.2. The van der Waals surface area contributed by atoms with Crippen LogP contribution in [0.4, 0.5) is 10.1 Å². The smallest absolute Gasteiger partial charge is 0.266 e. The van der Waals surface area contributed by atoms with E-state index in [-0.39, 0.29) is 30.1 Å². The fraction of sp³-hybridized carbons (Fsp3) is 0.222. The monoisotopic (exact) mass is 328 g/mol. The molecule has 2 amide bonds. The largest absolute Gasteiger partial charge is 0.478 e. The average molecular weight is 328 g/mol. The molecular weight excluding hydrogens is 311 g/mol. The highest BCUT2D eigenvalue weighted by Crippen LogP contribution is 2.29. The molecule has 0 spiro atoms. The number of para-hydroxylation sites is 2. The first-order chi connectivity index (χ1) is 11.5. The summed E-state index contributed by atoms with van der Waals surface area (Å²) in [6.07, 6.45) is -0.966. The maximum Gasteiger partial charge on any atom is 0.266 e. The van der Waals surface area contributed by atoms with E-state index in [0.717, 1.165) is 5.56 Å². The Morgan fingerprint density at radius 3 is 2.71 bits per heavy atom. The second kappa shape index (κ2) is 6.70. The minimum Gasteiger partial charge on any atom is -0.478 e. The lowest BCUT2D eigenvalue weighted by Crippen LogP contribution is -2.41. The summed E-state index contributed by atoms with van der Waals surface area (Å²) in [5.41, 5.74) is 1.38. The maximum absolute atomic E-state index is 12.9. The molecule has 0 radical (unpaired) electrons. The van der Waals surface area contributed by atoms with Crippen LogP contribution in [0.25, 0.3) is 0 Å². The van der Waals surface area contributed by atoms with Crippen molar-refractivity contribution < 1.29 is 18.7 Å². The summed E-state index contributed by atoms with van der Waals surface area (Å²) in [6, 6.07) is 12.7. The van der Waals surface area contributed by atoms with E-state index >= 15 is 0 Å². The Kier molecular flexibility index (Phi) is 4.46. The van der Waals surface area contributed by atoms with E-state index in [0.29, 0.717) is 11.4 Å². The number of anilines is 1. The predicted octanol–water partition coefficient (Wildman–Crippen LogP) is 2.79. The Balaban J connectivity index is 1.61.